The fraction of sp³-hybridized carbons (Fsp3) is 0.333. The number of rotatable bonds is 5. The Hall–Kier alpha value is -1.82. The molecule has 0 fully saturated rings. The van der Waals surface area contributed by atoms with Gasteiger partial charge in [-0.2, -0.15) is 5.10 Å². The summed E-state index contributed by atoms with van der Waals surface area (Å²) < 4.78 is 7.95. The molecule has 0 spiro atoms. The molecule has 1 atom stereocenters. The van der Waals surface area contributed by atoms with Gasteiger partial charge in [0.25, 0.3) is 0 Å². The van der Waals surface area contributed by atoms with Crippen molar-refractivity contribution in [2.45, 2.75) is 26.8 Å². The van der Waals surface area contributed by atoms with Crippen molar-refractivity contribution in [3.05, 3.63) is 40.6 Å². The third kappa shape index (κ3) is 3.64. The van der Waals surface area contributed by atoms with Gasteiger partial charge >= 0.3 is 0 Å². The lowest BCUT2D eigenvalue weighted by Gasteiger charge is -2.14. The number of benzene rings is 1. The molecule has 0 aliphatic rings. The van der Waals surface area contributed by atoms with Gasteiger partial charge in [0, 0.05) is 5.69 Å². The smallest absolute Gasteiger partial charge is 0.248 e. The normalized spacial score (nSPS) is 12.0. The maximum atomic E-state index is 12.3. The van der Waals surface area contributed by atoms with Crippen LogP contribution in [0, 0.1) is 6.92 Å². The number of carbonyl (C=O) groups excluding carboxylic acids is 1. The molecule has 1 amide bonds. The number of hydrogen-bond donors (Lipinski definition) is 1. The third-order valence-electron chi connectivity index (χ3n) is 3.16. The second kappa shape index (κ2) is 6.76. The van der Waals surface area contributed by atoms with Crippen LogP contribution in [0.5, 0.6) is 5.75 Å². The number of anilines is 1. The zero-order chi connectivity index (χ0) is 15.4. The van der Waals surface area contributed by atoms with Gasteiger partial charge in [-0.15, -0.1) is 0 Å². The Labute approximate surface area is 132 Å². The first kappa shape index (κ1) is 15.6. The van der Waals surface area contributed by atoms with Crippen LogP contribution in [0.4, 0.5) is 5.69 Å². The molecule has 112 valence electrons. The fourth-order valence-corrected chi connectivity index (χ4v) is 2.22. The number of ether oxygens (including phenoxy) is 1. The fourth-order valence-electron chi connectivity index (χ4n) is 1.95. The molecule has 1 N–H and O–H groups in total. The van der Waals surface area contributed by atoms with Crippen molar-refractivity contribution < 1.29 is 9.53 Å². The van der Waals surface area contributed by atoms with E-state index in [1.165, 1.54) is 0 Å². The summed E-state index contributed by atoms with van der Waals surface area (Å²) in [5.74, 6) is 0.674. The molecule has 2 rings (SSSR count). The SMILES string of the molecule is CCOc1ccc(NC(=O)C(C)n2ncc(Br)c2C)cc1. The van der Waals surface area contributed by atoms with E-state index >= 15 is 0 Å². The van der Waals surface area contributed by atoms with Crippen LogP contribution in [0.1, 0.15) is 25.6 Å². The molecule has 0 aliphatic carbocycles. The molecule has 1 aromatic carbocycles. The molecule has 0 radical (unpaired) electrons. The lowest BCUT2D eigenvalue weighted by molar-refractivity contribution is -0.119. The van der Waals surface area contributed by atoms with Crippen LogP contribution in [0.15, 0.2) is 34.9 Å². The Morgan fingerprint density at radius 3 is 2.62 bits per heavy atom. The second-order valence-corrected chi connectivity index (χ2v) is 5.50. The minimum atomic E-state index is -0.386. The van der Waals surface area contributed by atoms with E-state index in [4.69, 9.17) is 4.74 Å². The first-order valence-corrected chi connectivity index (χ1v) is 7.55. The molecule has 5 nitrogen and oxygen atoms in total. The molecule has 0 aliphatic heterocycles. The molecule has 2 aromatic rings. The summed E-state index contributed by atoms with van der Waals surface area (Å²) >= 11 is 3.39. The highest BCUT2D eigenvalue weighted by Crippen LogP contribution is 2.20. The van der Waals surface area contributed by atoms with E-state index in [0.29, 0.717) is 6.61 Å². The van der Waals surface area contributed by atoms with Crippen LogP contribution >= 0.6 is 15.9 Å². The number of aromatic nitrogens is 2. The predicted octanol–water partition coefficient (Wildman–Crippen LogP) is 3.55. The summed E-state index contributed by atoms with van der Waals surface area (Å²) in [5.41, 5.74) is 1.66. The summed E-state index contributed by atoms with van der Waals surface area (Å²) in [5, 5.41) is 7.08. The summed E-state index contributed by atoms with van der Waals surface area (Å²) in [7, 11) is 0. The summed E-state index contributed by atoms with van der Waals surface area (Å²) in [6.07, 6.45) is 1.69. The molecular weight excluding hydrogens is 334 g/mol. The number of nitrogens with zero attached hydrogens (tertiary/aromatic N) is 2. The van der Waals surface area contributed by atoms with Crippen molar-refractivity contribution in [1.82, 2.24) is 9.78 Å². The maximum Gasteiger partial charge on any atom is 0.248 e. The van der Waals surface area contributed by atoms with E-state index in [0.717, 1.165) is 21.6 Å². The molecule has 0 saturated carbocycles. The first-order valence-electron chi connectivity index (χ1n) is 6.76. The molecule has 6 heteroatoms. The first-order chi connectivity index (χ1) is 10.0. The quantitative estimate of drug-likeness (QED) is 0.895. The third-order valence-corrected chi connectivity index (χ3v) is 3.94. The lowest BCUT2D eigenvalue weighted by Crippen LogP contribution is -2.25. The minimum Gasteiger partial charge on any atom is -0.494 e. The van der Waals surface area contributed by atoms with Crippen LogP contribution in [0.2, 0.25) is 0 Å². The number of amides is 1. The van der Waals surface area contributed by atoms with Gasteiger partial charge in [0.2, 0.25) is 5.91 Å². The molecule has 1 unspecified atom stereocenters. The summed E-state index contributed by atoms with van der Waals surface area (Å²) in [6, 6.07) is 6.92. The lowest BCUT2D eigenvalue weighted by atomic mass is 10.2. The largest absolute Gasteiger partial charge is 0.494 e. The Bertz CT molecular complexity index is 622. The van der Waals surface area contributed by atoms with E-state index in [-0.39, 0.29) is 11.9 Å². The molecule has 0 bridgehead atoms. The topological polar surface area (TPSA) is 56.1 Å². The number of halogens is 1. The van der Waals surface area contributed by atoms with Crippen molar-refractivity contribution in [3.8, 4) is 5.75 Å². The Balaban J connectivity index is 2.05. The average molecular weight is 352 g/mol. The van der Waals surface area contributed by atoms with Crippen LogP contribution in [0.25, 0.3) is 0 Å². The Morgan fingerprint density at radius 2 is 2.10 bits per heavy atom. The molecule has 1 aromatic heterocycles. The minimum absolute atomic E-state index is 0.113. The van der Waals surface area contributed by atoms with E-state index in [1.807, 2.05) is 45.0 Å². The van der Waals surface area contributed by atoms with Crippen molar-refractivity contribution >= 4 is 27.5 Å². The summed E-state index contributed by atoms with van der Waals surface area (Å²) in [6.45, 7) is 6.28. The zero-order valence-electron chi connectivity index (χ0n) is 12.3. The molecule has 1 heterocycles. The van der Waals surface area contributed by atoms with E-state index < -0.39 is 0 Å². The van der Waals surface area contributed by atoms with Gasteiger partial charge in [-0.1, -0.05) is 0 Å². The van der Waals surface area contributed by atoms with Crippen molar-refractivity contribution in [2.24, 2.45) is 0 Å². The van der Waals surface area contributed by atoms with E-state index in [1.54, 1.807) is 10.9 Å². The van der Waals surface area contributed by atoms with Gasteiger partial charge in [-0.05, 0) is 61.0 Å². The average Bonchev–Trinajstić information content (AvgIpc) is 2.80. The highest BCUT2D eigenvalue weighted by molar-refractivity contribution is 9.10. The monoisotopic (exact) mass is 351 g/mol. The predicted molar refractivity (Wildman–Crippen MR) is 85.6 cm³/mol. The van der Waals surface area contributed by atoms with Gasteiger partial charge in [-0.25, -0.2) is 0 Å². The van der Waals surface area contributed by atoms with Crippen LogP contribution in [-0.4, -0.2) is 22.3 Å². The van der Waals surface area contributed by atoms with Crippen molar-refractivity contribution in [3.63, 3.8) is 0 Å². The molecular formula is C15H18BrN3O2. The second-order valence-electron chi connectivity index (χ2n) is 4.65. The highest BCUT2D eigenvalue weighted by atomic mass is 79.9. The van der Waals surface area contributed by atoms with Crippen LogP contribution < -0.4 is 10.1 Å². The molecule has 0 saturated heterocycles. The van der Waals surface area contributed by atoms with Gasteiger partial charge in [0.1, 0.15) is 11.8 Å². The van der Waals surface area contributed by atoms with Crippen molar-refractivity contribution in [2.75, 3.05) is 11.9 Å². The van der Waals surface area contributed by atoms with Crippen LogP contribution in [0.3, 0.4) is 0 Å². The highest BCUT2D eigenvalue weighted by Gasteiger charge is 2.18. The standard InChI is InChI=1S/C15H18BrN3O2/c1-4-21-13-7-5-12(6-8-13)18-15(20)11(3)19-10(2)14(16)9-17-19/h5-9,11H,4H2,1-3H3,(H,18,20). The number of carbonyl (C=O) groups is 1. The van der Waals surface area contributed by atoms with Gasteiger partial charge in [-0.3, -0.25) is 9.48 Å². The van der Waals surface area contributed by atoms with Gasteiger partial charge in [0.15, 0.2) is 0 Å². The van der Waals surface area contributed by atoms with Gasteiger partial charge < -0.3 is 10.1 Å². The molecule has 21 heavy (non-hydrogen) atoms. The maximum absolute atomic E-state index is 12.3. The summed E-state index contributed by atoms with van der Waals surface area (Å²) in [4.78, 5) is 12.3. The Kier molecular flexibility index (Phi) is 5.01. The Morgan fingerprint density at radius 1 is 1.43 bits per heavy atom. The van der Waals surface area contributed by atoms with Crippen LogP contribution in [-0.2, 0) is 4.79 Å². The number of hydrogen-bond acceptors (Lipinski definition) is 3. The van der Waals surface area contributed by atoms with Crippen molar-refractivity contribution in [1.29, 1.82) is 0 Å². The zero-order valence-corrected chi connectivity index (χ0v) is 13.8. The van der Waals surface area contributed by atoms with E-state index in [9.17, 15) is 4.79 Å². The number of nitrogens with one attached hydrogen (secondary N) is 1. The van der Waals surface area contributed by atoms with Gasteiger partial charge in [0.05, 0.1) is 23.0 Å². The van der Waals surface area contributed by atoms with E-state index in [2.05, 4.69) is 26.3 Å².